The van der Waals surface area contributed by atoms with E-state index < -0.39 is 0 Å². The summed E-state index contributed by atoms with van der Waals surface area (Å²) >= 11 is 28.3. The maximum Gasteiger partial charge on any atom is 0.306 e. The van der Waals surface area contributed by atoms with E-state index >= 15 is 0 Å². The van der Waals surface area contributed by atoms with Gasteiger partial charge < -0.3 is 9.47 Å². The topological polar surface area (TPSA) is 154 Å². The van der Waals surface area contributed by atoms with E-state index in [-0.39, 0.29) is 58.1 Å². The molecule has 0 aliphatic heterocycles. The predicted molar refractivity (Wildman–Crippen MR) is 215 cm³/mol. The Balaban J connectivity index is -0.000000280. The highest BCUT2D eigenvalue weighted by atomic mass is 35.5. The van der Waals surface area contributed by atoms with Crippen molar-refractivity contribution in [2.24, 2.45) is 35.0 Å². The number of alkyl halides is 5. The van der Waals surface area contributed by atoms with Crippen molar-refractivity contribution in [1.29, 1.82) is 26.3 Å². The van der Waals surface area contributed by atoms with E-state index in [9.17, 15) is 4.79 Å². The average molecular weight is 822 g/mol. The third-order valence-electron chi connectivity index (χ3n) is 7.65. The zero-order chi connectivity index (χ0) is 41.0. The first-order valence-corrected chi connectivity index (χ1v) is 19.5. The number of methoxy groups -OCH3 is 1. The molecular weight excluding hydrogens is 764 g/mol. The van der Waals surface area contributed by atoms with Gasteiger partial charge in [-0.2, -0.15) is 26.3 Å². The van der Waals surface area contributed by atoms with Crippen LogP contribution >= 0.6 is 58.0 Å². The van der Waals surface area contributed by atoms with Crippen LogP contribution in [0.3, 0.4) is 0 Å². The number of hydrogen-bond donors (Lipinski definition) is 0. The molecule has 0 saturated carbocycles. The Hall–Kier alpha value is -2.45. The molecule has 0 aliphatic rings. The van der Waals surface area contributed by atoms with Crippen LogP contribution < -0.4 is 0 Å². The second-order valence-electron chi connectivity index (χ2n) is 12.7. The summed E-state index contributed by atoms with van der Waals surface area (Å²) in [5, 5.41) is 42.1. The van der Waals surface area contributed by atoms with Crippen molar-refractivity contribution < 1.29 is 14.3 Å². The molecule has 0 spiro atoms. The van der Waals surface area contributed by atoms with Gasteiger partial charge in [0.05, 0.1) is 50.0 Å². The second-order valence-corrected chi connectivity index (χ2v) is 15.0. The number of rotatable bonds is 17. The molecule has 7 unspecified atom stereocenters. The van der Waals surface area contributed by atoms with Crippen molar-refractivity contribution in [1.82, 2.24) is 0 Å². The minimum Gasteiger partial charge on any atom is -0.466 e. The van der Waals surface area contributed by atoms with E-state index in [1.165, 1.54) is 5.56 Å². The highest BCUT2D eigenvalue weighted by molar-refractivity contribution is 6.21. The summed E-state index contributed by atoms with van der Waals surface area (Å²) in [5.74, 6) is 1.87. The predicted octanol–water partition coefficient (Wildman–Crippen LogP) is 11.1. The van der Waals surface area contributed by atoms with Crippen LogP contribution in [0, 0.1) is 91.7 Å². The smallest absolute Gasteiger partial charge is 0.306 e. The fourth-order valence-corrected chi connectivity index (χ4v) is 4.34. The van der Waals surface area contributed by atoms with Gasteiger partial charge in [0.1, 0.15) is 0 Å². The number of halogens is 5. The maximum atomic E-state index is 10.9. The molecule has 0 bridgehead atoms. The van der Waals surface area contributed by atoms with Gasteiger partial charge in [-0.1, -0.05) is 51.1 Å². The van der Waals surface area contributed by atoms with Gasteiger partial charge >= 0.3 is 5.97 Å². The standard InChI is InChI=1S/C11H12ClN.C8H12ClNO2.2C7H12ClN.C6H10ClNO/c12-9-11(6-7-13)8-10-4-2-1-3-5-10;1-2-12-8(11)5-7(6-9)3-4-10;1-6(8)7(2,3)4-5-9;1-5(4-9)6(2)7(3)8;1-9-5-6(4-7)2-3-8/h1-5,11H,6,8-9H2;7H,2-3,5-6H2,1H3;6H,4H2,1-3H3;5-7H,1-3H3;6H,2,4-5H2,1H3. The first kappa shape index (κ1) is 56.3. The van der Waals surface area contributed by atoms with Crippen molar-refractivity contribution in [3.63, 3.8) is 0 Å². The van der Waals surface area contributed by atoms with Gasteiger partial charge in [-0.15, -0.1) is 58.0 Å². The molecule has 0 amide bonds. The molecule has 0 fully saturated rings. The maximum absolute atomic E-state index is 10.9. The zero-order valence-corrected chi connectivity index (χ0v) is 35.8. The van der Waals surface area contributed by atoms with Gasteiger partial charge in [0, 0.05) is 73.0 Å². The Morgan fingerprint density at radius 1 is 0.788 bits per heavy atom. The van der Waals surface area contributed by atoms with E-state index in [0.29, 0.717) is 56.5 Å². The lowest BCUT2D eigenvalue weighted by molar-refractivity contribution is -0.144. The van der Waals surface area contributed by atoms with Crippen LogP contribution in [0.5, 0.6) is 0 Å². The molecule has 0 N–H and O–H groups in total. The van der Waals surface area contributed by atoms with E-state index in [2.05, 4.69) is 30.3 Å². The van der Waals surface area contributed by atoms with Gasteiger partial charge in [0.15, 0.2) is 0 Å². The van der Waals surface area contributed by atoms with Crippen LogP contribution in [0.15, 0.2) is 30.3 Å². The fourth-order valence-electron chi connectivity index (χ4n) is 3.41. The van der Waals surface area contributed by atoms with Crippen molar-refractivity contribution >= 4 is 64.0 Å². The first-order chi connectivity index (χ1) is 24.5. The Labute approximate surface area is 339 Å². The Morgan fingerprint density at radius 3 is 1.60 bits per heavy atom. The quantitative estimate of drug-likeness (QED) is 0.111. The SMILES string of the molecule is CC(Cl)C(C)(C)CC#N.CC(Cl)C(C)C(C)C#N.CCOC(=O)CC(CCl)CC#N.COCC(CCl)CC#N.N#CCC(CCl)Cc1ccccc1. The summed E-state index contributed by atoms with van der Waals surface area (Å²) in [4.78, 5) is 10.9. The monoisotopic (exact) mass is 819 g/mol. The number of nitriles is 5. The summed E-state index contributed by atoms with van der Waals surface area (Å²) < 4.78 is 9.53. The summed E-state index contributed by atoms with van der Waals surface area (Å²) in [5.41, 5.74) is 1.21. The minimum atomic E-state index is -0.279. The normalized spacial score (nSPS) is 13.8. The number of hydrogen-bond acceptors (Lipinski definition) is 8. The summed E-state index contributed by atoms with van der Waals surface area (Å²) in [6.07, 6.45) is 3.00. The fraction of sp³-hybridized carbons (Fsp3) is 0.692. The highest BCUT2D eigenvalue weighted by Crippen LogP contribution is 2.28. The van der Waals surface area contributed by atoms with Crippen LogP contribution in [0.25, 0.3) is 0 Å². The van der Waals surface area contributed by atoms with Crippen molar-refractivity contribution in [2.45, 2.75) is 97.7 Å². The molecular formula is C39H58Cl5N5O3. The lowest BCUT2D eigenvalue weighted by Gasteiger charge is -2.23. The molecule has 8 nitrogen and oxygen atoms in total. The van der Waals surface area contributed by atoms with Crippen molar-refractivity contribution in [3.8, 4) is 30.3 Å². The molecule has 7 atom stereocenters. The van der Waals surface area contributed by atoms with Crippen LogP contribution in [0.4, 0.5) is 0 Å². The third kappa shape index (κ3) is 34.6. The molecule has 1 aromatic carbocycles. The molecule has 0 saturated heterocycles. The summed E-state index contributed by atoms with van der Waals surface area (Å²) in [6.45, 7) is 14.4. The second kappa shape index (κ2) is 38.3. The van der Waals surface area contributed by atoms with Crippen molar-refractivity contribution in [3.05, 3.63) is 35.9 Å². The van der Waals surface area contributed by atoms with Crippen LogP contribution in [-0.2, 0) is 20.7 Å². The molecule has 52 heavy (non-hydrogen) atoms. The molecule has 292 valence electrons. The molecule has 1 rings (SSSR count). The number of ether oxygens (including phenoxy) is 2. The summed E-state index contributed by atoms with van der Waals surface area (Å²) in [7, 11) is 1.61. The number of carbonyl (C=O) groups is 1. The minimum absolute atomic E-state index is 0.0453. The lowest BCUT2D eigenvalue weighted by Crippen LogP contribution is -2.20. The Kier molecular flexibility index (Phi) is 41.4. The van der Waals surface area contributed by atoms with Gasteiger partial charge in [-0.25, -0.2) is 0 Å². The largest absolute Gasteiger partial charge is 0.466 e. The number of esters is 1. The Bertz CT molecular complexity index is 1220. The third-order valence-corrected chi connectivity index (χ3v) is 9.95. The van der Waals surface area contributed by atoms with Crippen LogP contribution in [0.1, 0.15) is 86.1 Å². The van der Waals surface area contributed by atoms with Gasteiger partial charge in [0.25, 0.3) is 0 Å². The van der Waals surface area contributed by atoms with Gasteiger partial charge in [0.2, 0.25) is 0 Å². The molecule has 0 radical (unpaired) electrons. The molecule has 0 aromatic heterocycles. The molecule has 13 heteroatoms. The molecule has 1 aromatic rings. The molecule has 0 aliphatic carbocycles. The van der Waals surface area contributed by atoms with E-state index in [0.717, 1.165) is 6.42 Å². The number of nitrogens with zero attached hydrogens (tertiary/aromatic N) is 5. The zero-order valence-electron chi connectivity index (χ0n) is 32.1. The summed E-state index contributed by atoms with van der Waals surface area (Å²) in [6, 6.07) is 20.6. The first-order valence-electron chi connectivity index (χ1n) is 17.1. The Morgan fingerprint density at radius 2 is 1.27 bits per heavy atom. The van der Waals surface area contributed by atoms with E-state index in [1.807, 2.05) is 71.9 Å². The van der Waals surface area contributed by atoms with E-state index in [4.69, 9.17) is 93.8 Å². The van der Waals surface area contributed by atoms with Crippen molar-refractivity contribution in [2.75, 3.05) is 38.0 Å². The number of carbonyl (C=O) groups excluding carboxylic acids is 1. The number of benzene rings is 1. The van der Waals surface area contributed by atoms with Crippen LogP contribution in [0.2, 0.25) is 0 Å². The van der Waals surface area contributed by atoms with Gasteiger partial charge in [-0.3, -0.25) is 4.79 Å². The van der Waals surface area contributed by atoms with Gasteiger partial charge in [-0.05, 0) is 62.8 Å². The molecule has 0 heterocycles. The average Bonchev–Trinajstić information content (AvgIpc) is 3.12. The van der Waals surface area contributed by atoms with E-state index in [1.54, 1.807) is 14.0 Å². The van der Waals surface area contributed by atoms with Crippen LogP contribution in [-0.4, -0.2) is 54.7 Å². The lowest BCUT2D eigenvalue weighted by atomic mass is 9.87. The highest BCUT2D eigenvalue weighted by Gasteiger charge is 2.23.